The summed E-state index contributed by atoms with van der Waals surface area (Å²) < 4.78 is 0. The first-order valence-electron chi connectivity index (χ1n) is 5.61. The number of amides is 1. The van der Waals surface area contributed by atoms with E-state index in [2.05, 4.69) is 26.2 Å². The fourth-order valence-electron chi connectivity index (χ4n) is 1.65. The number of nitrogens with one attached hydrogen (secondary N) is 1. The molecule has 0 saturated heterocycles. The second kappa shape index (κ2) is 5.67. The van der Waals surface area contributed by atoms with E-state index in [1.165, 1.54) is 0 Å². The van der Waals surface area contributed by atoms with Crippen molar-refractivity contribution in [1.29, 1.82) is 0 Å². The molecule has 0 fully saturated rings. The first-order valence-corrected chi connectivity index (χ1v) is 6.90. The van der Waals surface area contributed by atoms with Gasteiger partial charge in [-0.2, -0.15) is 0 Å². The maximum atomic E-state index is 11.9. The molecule has 0 spiro atoms. The number of carbonyl (C=O) groups excluding carboxylic acids is 1. The van der Waals surface area contributed by atoms with Crippen molar-refractivity contribution in [3.8, 4) is 0 Å². The van der Waals surface area contributed by atoms with E-state index in [0.29, 0.717) is 10.7 Å². The highest BCUT2D eigenvalue weighted by Gasteiger charge is 2.14. The first-order chi connectivity index (χ1) is 8.61. The molecule has 1 heterocycles. The molecule has 1 aromatic heterocycles. The van der Waals surface area contributed by atoms with Crippen LogP contribution in [-0.4, -0.2) is 15.7 Å². The highest BCUT2D eigenvalue weighted by Crippen LogP contribution is 2.26. The normalized spacial score (nSPS) is 12.4. The Morgan fingerprint density at radius 1 is 1.56 bits per heavy atom. The number of hydrogen-bond donors (Lipinski definition) is 1. The molecule has 2 aromatic rings. The third-order valence-electron chi connectivity index (χ3n) is 2.57. The van der Waals surface area contributed by atoms with Gasteiger partial charge in [0.25, 0.3) is 0 Å². The summed E-state index contributed by atoms with van der Waals surface area (Å²) in [5, 5.41) is 4.33. The van der Waals surface area contributed by atoms with Crippen molar-refractivity contribution in [2.75, 3.05) is 5.32 Å². The number of halogens is 2. The fraction of sp³-hybridized carbons (Fsp3) is 0.231. The van der Waals surface area contributed by atoms with Crippen molar-refractivity contribution in [3.63, 3.8) is 0 Å². The van der Waals surface area contributed by atoms with Crippen molar-refractivity contribution in [1.82, 2.24) is 4.98 Å². The Labute approximate surface area is 119 Å². The van der Waals surface area contributed by atoms with Crippen molar-refractivity contribution < 1.29 is 4.79 Å². The summed E-state index contributed by atoms with van der Waals surface area (Å²) in [4.78, 5) is 15.9. The van der Waals surface area contributed by atoms with Gasteiger partial charge in [-0.25, -0.2) is 0 Å². The van der Waals surface area contributed by atoms with Crippen LogP contribution < -0.4 is 5.32 Å². The summed E-state index contributed by atoms with van der Waals surface area (Å²) in [6.07, 6.45) is 2.41. The summed E-state index contributed by atoms with van der Waals surface area (Å²) in [7, 11) is 0. The van der Waals surface area contributed by atoms with Gasteiger partial charge in [0.05, 0.1) is 16.0 Å². The van der Waals surface area contributed by atoms with Crippen LogP contribution >= 0.6 is 27.5 Å². The summed E-state index contributed by atoms with van der Waals surface area (Å²) in [6.45, 7) is 1.94. The minimum absolute atomic E-state index is 0.0910. The summed E-state index contributed by atoms with van der Waals surface area (Å²) >= 11 is 9.35. The van der Waals surface area contributed by atoms with Crippen LogP contribution in [0.15, 0.2) is 30.5 Å². The number of benzene rings is 1. The lowest BCUT2D eigenvalue weighted by atomic mass is 10.2. The average molecular weight is 328 g/mol. The van der Waals surface area contributed by atoms with E-state index >= 15 is 0 Å². The number of aromatic nitrogens is 1. The highest BCUT2D eigenvalue weighted by molar-refractivity contribution is 9.10. The zero-order valence-corrected chi connectivity index (χ0v) is 12.1. The first kappa shape index (κ1) is 13.3. The molecule has 1 aromatic carbocycles. The Morgan fingerprint density at radius 2 is 2.33 bits per heavy atom. The van der Waals surface area contributed by atoms with Gasteiger partial charge in [0, 0.05) is 16.6 Å². The Hall–Kier alpha value is -1.13. The van der Waals surface area contributed by atoms with Gasteiger partial charge >= 0.3 is 0 Å². The maximum absolute atomic E-state index is 11.9. The largest absolute Gasteiger partial charge is 0.323 e. The van der Waals surface area contributed by atoms with Crippen LogP contribution in [0.2, 0.25) is 5.02 Å². The van der Waals surface area contributed by atoms with Gasteiger partial charge in [-0.15, -0.1) is 0 Å². The lowest BCUT2D eigenvalue weighted by Crippen LogP contribution is -2.22. The molecule has 1 N–H and O–H groups in total. The van der Waals surface area contributed by atoms with E-state index in [4.69, 9.17) is 11.6 Å². The fourth-order valence-corrected chi connectivity index (χ4v) is 1.99. The molecule has 2 rings (SSSR count). The van der Waals surface area contributed by atoms with E-state index in [1.807, 2.05) is 25.1 Å². The Balaban J connectivity index is 2.41. The van der Waals surface area contributed by atoms with Crippen LogP contribution in [-0.2, 0) is 4.79 Å². The van der Waals surface area contributed by atoms with E-state index in [1.54, 1.807) is 12.3 Å². The number of nitrogens with zero attached hydrogens (tertiary/aromatic N) is 1. The number of alkyl halides is 1. The Morgan fingerprint density at radius 3 is 3.06 bits per heavy atom. The number of carbonyl (C=O) groups is 1. The second-order valence-corrected chi connectivity index (χ2v) is 5.44. The van der Waals surface area contributed by atoms with Crippen LogP contribution in [0, 0.1) is 0 Å². The zero-order chi connectivity index (χ0) is 13.1. The van der Waals surface area contributed by atoms with Gasteiger partial charge in [-0.05, 0) is 24.6 Å². The lowest BCUT2D eigenvalue weighted by Gasteiger charge is -2.11. The van der Waals surface area contributed by atoms with Crippen molar-refractivity contribution >= 4 is 50.0 Å². The van der Waals surface area contributed by atoms with Crippen LogP contribution in [0.25, 0.3) is 10.9 Å². The number of fused-ring (bicyclic) bond motifs is 1. The zero-order valence-electron chi connectivity index (χ0n) is 9.78. The molecule has 1 atom stereocenters. The van der Waals surface area contributed by atoms with Gasteiger partial charge in [-0.3, -0.25) is 9.78 Å². The van der Waals surface area contributed by atoms with Gasteiger partial charge in [0.15, 0.2) is 0 Å². The average Bonchev–Trinajstić information content (AvgIpc) is 2.37. The van der Waals surface area contributed by atoms with Gasteiger partial charge in [0.2, 0.25) is 5.91 Å². The Bertz CT molecular complexity index is 588. The standard InChI is InChI=1S/C13H12BrClN2O/c1-2-10(14)13(18)17-11-7-9(15)6-8-4-3-5-16-12(8)11/h3-7,10H,2H2,1H3,(H,17,18). The highest BCUT2D eigenvalue weighted by atomic mass is 79.9. The van der Waals surface area contributed by atoms with Crippen LogP contribution in [0.1, 0.15) is 13.3 Å². The predicted molar refractivity (Wildman–Crippen MR) is 78.4 cm³/mol. The number of rotatable bonds is 3. The molecular weight excluding hydrogens is 316 g/mol. The van der Waals surface area contributed by atoms with Crippen molar-refractivity contribution in [2.45, 2.75) is 18.2 Å². The van der Waals surface area contributed by atoms with Gasteiger partial charge in [-0.1, -0.05) is 40.5 Å². The second-order valence-electron chi connectivity index (χ2n) is 3.89. The molecule has 0 aliphatic rings. The van der Waals surface area contributed by atoms with Crippen LogP contribution in [0.3, 0.4) is 0 Å². The number of pyridine rings is 1. The maximum Gasteiger partial charge on any atom is 0.238 e. The molecular formula is C13H12BrClN2O. The van der Waals surface area contributed by atoms with Gasteiger partial charge in [0.1, 0.15) is 0 Å². The van der Waals surface area contributed by atoms with Crippen LogP contribution in [0.4, 0.5) is 5.69 Å². The topological polar surface area (TPSA) is 42.0 Å². The SMILES string of the molecule is CCC(Br)C(=O)Nc1cc(Cl)cc2cccnc12. The molecule has 1 amide bonds. The molecule has 5 heteroatoms. The molecule has 18 heavy (non-hydrogen) atoms. The third kappa shape index (κ3) is 2.82. The predicted octanol–water partition coefficient (Wildman–Crippen LogP) is 4.00. The molecule has 94 valence electrons. The summed E-state index contributed by atoms with van der Waals surface area (Å²) in [5.41, 5.74) is 1.38. The molecule has 0 radical (unpaired) electrons. The molecule has 1 unspecified atom stereocenters. The number of anilines is 1. The Kier molecular flexibility index (Phi) is 4.19. The monoisotopic (exact) mass is 326 g/mol. The molecule has 0 aliphatic carbocycles. The molecule has 0 aliphatic heterocycles. The molecule has 0 saturated carbocycles. The van der Waals surface area contributed by atoms with E-state index in [9.17, 15) is 4.79 Å². The third-order valence-corrected chi connectivity index (χ3v) is 3.85. The van der Waals surface area contributed by atoms with E-state index in [-0.39, 0.29) is 10.7 Å². The summed E-state index contributed by atoms with van der Waals surface area (Å²) in [5.74, 6) is -0.0910. The summed E-state index contributed by atoms with van der Waals surface area (Å²) in [6, 6.07) is 7.29. The lowest BCUT2D eigenvalue weighted by molar-refractivity contribution is -0.115. The smallest absolute Gasteiger partial charge is 0.238 e. The number of hydrogen-bond acceptors (Lipinski definition) is 2. The minimum Gasteiger partial charge on any atom is -0.323 e. The van der Waals surface area contributed by atoms with Gasteiger partial charge < -0.3 is 5.32 Å². The minimum atomic E-state index is -0.213. The van der Waals surface area contributed by atoms with E-state index in [0.717, 1.165) is 17.3 Å². The molecule has 0 bridgehead atoms. The quantitative estimate of drug-likeness (QED) is 0.866. The van der Waals surface area contributed by atoms with Crippen molar-refractivity contribution in [3.05, 3.63) is 35.5 Å². The van der Waals surface area contributed by atoms with Crippen molar-refractivity contribution in [2.24, 2.45) is 0 Å². The molecule has 3 nitrogen and oxygen atoms in total. The van der Waals surface area contributed by atoms with Crippen LogP contribution in [0.5, 0.6) is 0 Å². The van der Waals surface area contributed by atoms with E-state index < -0.39 is 0 Å².